The zero-order chi connectivity index (χ0) is 46.3. The van der Waals surface area contributed by atoms with E-state index in [-0.39, 0.29) is 72.3 Å². The van der Waals surface area contributed by atoms with Gasteiger partial charge in [0.05, 0.1) is 26.7 Å². The number of rotatable bonds is 21. The van der Waals surface area contributed by atoms with Crippen molar-refractivity contribution in [3.8, 4) is 12.3 Å². The van der Waals surface area contributed by atoms with Gasteiger partial charge in [-0.1, -0.05) is 26.0 Å². The summed E-state index contributed by atoms with van der Waals surface area (Å²) in [6, 6.07) is 8.41. The topological polar surface area (TPSA) is 253 Å². The van der Waals surface area contributed by atoms with Gasteiger partial charge in [-0.3, -0.25) is 23.0 Å². The smallest absolute Gasteiger partial charge is 1.00 e. The number of anilines is 1. The molecule has 63 heavy (non-hydrogen) atoms. The van der Waals surface area contributed by atoms with Crippen LogP contribution < -0.4 is 39.8 Å². The van der Waals surface area contributed by atoms with Gasteiger partial charge in [-0.2, -0.15) is 38.2 Å². The number of amides is 1. The molecule has 0 atom stereocenters. The molecule has 0 unspecified atom stereocenters. The van der Waals surface area contributed by atoms with E-state index < -0.39 is 68.7 Å². The largest absolute Gasteiger partial charge is 1.00 e. The molecule has 0 saturated heterocycles. The molecule has 2 aliphatic rings. The van der Waals surface area contributed by atoms with Gasteiger partial charge in [0.1, 0.15) is 6.54 Å². The Labute approximate surface area is 395 Å². The minimum atomic E-state index is -4.54. The number of hydrogen-bond acceptors (Lipinski definition) is 10. The van der Waals surface area contributed by atoms with Gasteiger partial charge >= 0.3 is 29.6 Å². The van der Waals surface area contributed by atoms with Crippen molar-refractivity contribution in [2.45, 2.75) is 93.3 Å². The first-order valence-corrected chi connectivity index (χ1v) is 25.8. The number of terminal acetylenes is 1. The fourth-order valence-corrected chi connectivity index (χ4v) is 9.72. The van der Waals surface area contributed by atoms with Crippen LogP contribution in [0, 0.1) is 12.3 Å². The average molecular weight is 961 g/mol. The molecule has 2 aliphatic heterocycles. The SMILES string of the molecule is C#CCCCCNC(=O)C(=C\C=C\C1=[N+](CCCCS(=O)(=O)O)c2ccc(S(=O)(=O)O)cc2C1(C)C)/C=C/C=C1/N(CCCCS(=O)(=O)O)c2ccc(S(=O)(=O)O)cc2C1(C)C.[H-].[Na+]. The Morgan fingerprint density at radius 3 is 1.97 bits per heavy atom. The minimum Gasteiger partial charge on any atom is -1.00 e. The minimum absolute atomic E-state index is 0. The summed E-state index contributed by atoms with van der Waals surface area (Å²) in [6.45, 7) is 8.32. The molecule has 0 bridgehead atoms. The molecule has 1 amide bonds. The molecule has 2 aromatic carbocycles. The fraction of sp³-hybridized carbons (Fsp3) is 0.429. The summed E-state index contributed by atoms with van der Waals surface area (Å²) in [5, 5.41) is 2.90. The fourth-order valence-electron chi connectivity index (χ4n) is 7.57. The van der Waals surface area contributed by atoms with Crippen LogP contribution in [0.1, 0.15) is 85.2 Å². The number of nitrogens with one attached hydrogen (secondary N) is 1. The summed E-state index contributed by atoms with van der Waals surface area (Å²) >= 11 is 0. The summed E-state index contributed by atoms with van der Waals surface area (Å²) in [6.07, 6.45) is 18.2. The Morgan fingerprint density at radius 1 is 0.794 bits per heavy atom. The zero-order valence-electron chi connectivity index (χ0n) is 37.0. The summed E-state index contributed by atoms with van der Waals surface area (Å²) in [5.41, 5.74) is 2.28. The maximum absolute atomic E-state index is 13.7. The van der Waals surface area contributed by atoms with E-state index in [0.717, 1.165) is 0 Å². The first-order valence-electron chi connectivity index (χ1n) is 19.7. The Balaban J connectivity index is 0.00000704. The van der Waals surface area contributed by atoms with Crippen LogP contribution in [0.15, 0.2) is 93.9 Å². The summed E-state index contributed by atoms with van der Waals surface area (Å²) in [7, 11) is -17.5. The summed E-state index contributed by atoms with van der Waals surface area (Å²) in [5.74, 6) is 1.25. The van der Waals surface area contributed by atoms with Crippen LogP contribution in [0.2, 0.25) is 0 Å². The molecule has 0 saturated carbocycles. The Hall–Kier alpha value is -3.46. The number of allylic oxidation sites excluding steroid dienone is 6. The molecule has 0 aromatic heterocycles. The molecule has 16 nitrogen and oxygen atoms in total. The second-order valence-electron chi connectivity index (χ2n) is 16.0. The molecule has 0 fully saturated rings. The van der Waals surface area contributed by atoms with Gasteiger partial charge in [0.15, 0.2) is 5.71 Å². The number of carbonyl (C=O) groups is 1. The van der Waals surface area contributed by atoms with E-state index in [9.17, 15) is 56.7 Å². The monoisotopic (exact) mass is 960 g/mol. The first kappa shape index (κ1) is 53.9. The standard InChI is InChI=1S/C42H53N3O13S4.Na.H/c1-6-7-8-9-24-43-40(46)31(16-14-18-38-41(2,3)34-29-32(61(53,54)55)20-22-36(34)44(38)25-10-12-27-59(47,48)49)17-15-19-39-42(4,5)35-30-33(62(56,57)58)21-23-37(35)45(39)26-11-13-28-60(50,51)52;;/h1,14-23,29-30H,7-13,24-28H2,2-5H3,(H4-,43,46,47,48,49,50,51,52,53,54,55,56,57,58);;/q;+1;-1/p+1. The predicted octanol–water partition coefficient (Wildman–Crippen LogP) is 2.65. The summed E-state index contributed by atoms with van der Waals surface area (Å²) < 4.78 is 134. The second kappa shape index (κ2) is 21.7. The van der Waals surface area contributed by atoms with E-state index in [0.29, 0.717) is 72.6 Å². The first-order chi connectivity index (χ1) is 28.7. The van der Waals surface area contributed by atoms with Gasteiger partial charge in [0, 0.05) is 66.0 Å². The van der Waals surface area contributed by atoms with E-state index in [4.69, 9.17) is 6.42 Å². The maximum Gasteiger partial charge on any atom is 1.00 e. The van der Waals surface area contributed by atoms with Crippen LogP contribution in [0.3, 0.4) is 0 Å². The molecular weight excluding hydrogens is 906 g/mol. The van der Waals surface area contributed by atoms with E-state index in [1.54, 1.807) is 48.6 Å². The summed E-state index contributed by atoms with van der Waals surface area (Å²) in [4.78, 5) is 15.0. The molecule has 4 rings (SSSR count). The van der Waals surface area contributed by atoms with E-state index in [2.05, 4.69) is 11.2 Å². The van der Waals surface area contributed by atoms with Gasteiger partial charge in [-0.15, -0.1) is 12.3 Å². The predicted molar refractivity (Wildman–Crippen MR) is 238 cm³/mol. The van der Waals surface area contributed by atoms with Crippen molar-refractivity contribution >= 4 is 63.5 Å². The van der Waals surface area contributed by atoms with Crippen molar-refractivity contribution in [3.05, 3.63) is 95.3 Å². The van der Waals surface area contributed by atoms with Gasteiger partial charge in [0.2, 0.25) is 5.69 Å². The van der Waals surface area contributed by atoms with Crippen LogP contribution in [0.25, 0.3) is 0 Å². The number of nitrogens with zero attached hydrogens (tertiary/aromatic N) is 2. The normalized spacial score (nSPS) is 17.0. The van der Waals surface area contributed by atoms with Crippen molar-refractivity contribution in [2.24, 2.45) is 0 Å². The van der Waals surface area contributed by atoms with E-state index in [1.165, 1.54) is 24.3 Å². The van der Waals surface area contributed by atoms with E-state index in [1.807, 2.05) is 37.2 Å². The average Bonchev–Trinajstić information content (AvgIpc) is 3.50. The Kier molecular flexibility index (Phi) is 18.5. The number of hydrogen-bond donors (Lipinski definition) is 5. The van der Waals surface area contributed by atoms with E-state index >= 15 is 0 Å². The molecule has 340 valence electrons. The van der Waals surface area contributed by atoms with Gasteiger partial charge in [-0.05, 0) is 100 Å². The van der Waals surface area contributed by atoms with Gasteiger partial charge < -0.3 is 11.6 Å². The maximum atomic E-state index is 13.7. The van der Waals surface area contributed by atoms with Crippen molar-refractivity contribution in [2.75, 3.05) is 36.0 Å². The van der Waals surface area contributed by atoms with Crippen LogP contribution in [0.4, 0.5) is 11.4 Å². The van der Waals surface area contributed by atoms with Crippen molar-refractivity contribution < 1.29 is 92.2 Å². The molecule has 0 aliphatic carbocycles. The third-order valence-electron chi connectivity index (χ3n) is 10.7. The number of benzene rings is 2. The number of unbranched alkanes of at least 4 members (excludes halogenated alkanes) is 4. The second-order valence-corrected chi connectivity index (χ2v) is 22.0. The number of fused-ring (bicyclic) bond motifs is 2. The van der Waals surface area contributed by atoms with Crippen molar-refractivity contribution in [1.29, 1.82) is 0 Å². The molecule has 0 spiro atoms. The molecule has 0 radical (unpaired) electrons. The molecule has 2 aromatic rings. The third-order valence-corrected chi connectivity index (χ3v) is 14.1. The number of carbonyl (C=O) groups excluding carboxylic acids is 1. The van der Waals surface area contributed by atoms with Crippen molar-refractivity contribution in [1.82, 2.24) is 5.32 Å². The Bertz CT molecular complexity index is 2720. The molecule has 21 heteroatoms. The van der Waals surface area contributed by atoms with Crippen LogP contribution in [-0.2, 0) is 56.1 Å². The quantitative estimate of drug-likeness (QED) is 0.0230. The molecule has 5 N–H and O–H groups in total. The van der Waals surface area contributed by atoms with Crippen LogP contribution in [0.5, 0.6) is 0 Å². The van der Waals surface area contributed by atoms with Crippen molar-refractivity contribution in [3.63, 3.8) is 0 Å². The van der Waals surface area contributed by atoms with Gasteiger partial charge in [-0.25, -0.2) is 0 Å². The van der Waals surface area contributed by atoms with Crippen LogP contribution in [-0.4, -0.2) is 99.2 Å². The zero-order valence-corrected chi connectivity index (χ0v) is 41.2. The molecule has 2 heterocycles. The van der Waals surface area contributed by atoms with Crippen LogP contribution >= 0.6 is 0 Å². The van der Waals surface area contributed by atoms with Gasteiger partial charge in [0.25, 0.3) is 46.4 Å². The third kappa shape index (κ3) is 14.5. The Morgan fingerprint density at radius 2 is 1.38 bits per heavy atom. The molecular formula is C42H55N3NaO13S4+.